The Labute approximate surface area is 161 Å². The van der Waals surface area contributed by atoms with E-state index in [0.717, 1.165) is 24.1 Å². The van der Waals surface area contributed by atoms with Gasteiger partial charge in [0.2, 0.25) is 0 Å². The van der Waals surface area contributed by atoms with E-state index in [-0.39, 0.29) is 41.3 Å². The number of piperazine rings is 1. The molecular formula is C18H24FN5O4. The number of hydrogen-bond donors (Lipinski definition) is 1. The number of carbonyl (C=O) groups is 1. The number of carbonyl (C=O) groups excluding carboxylic acids is 1. The van der Waals surface area contributed by atoms with Gasteiger partial charge in [0.05, 0.1) is 22.4 Å². The molecule has 0 saturated carbocycles. The molecule has 10 heteroatoms. The fourth-order valence-corrected chi connectivity index (χ4v) is 3.37. The van der Waals surface area contributed by atoms with Crippen LogP contribution in [0.15, 0.2) is 12.1 Å². The summed E-state index contributed by atoms with van der Waals surface area (Å²) in [6.07, 6.45) is 0. The van der Waals surface area contributed by atoms with Gasteiger partial charge < -0.3 is 29.7 Å². The minimum atomic E-state index is -0.682. The van der Waals surface area contributed by atoms with Crippen molar-refractivity contribution >= 4 is 22.6 Å². The number of hydrogen-bond acceptors (Lipinski definition) is 6. The highest BCUT2D eigenvalue weighted by atomic mass is 19.1. The van der Waals surface area contributed by atoms with Gasteiger partial charge in [0.1, 0.15) is 11.3 Å². The van der Waals surface area contributed by atoms with Crippen LogP contribution in [0.25, 0.3) is 11.0 Å². The zero-order chi connectivity index (χ0) is 20.6. The second-order valence-corrected chi connectivity index (χ2v) is 7.06. The van der Waals surface area contributed by atoms with E-state index in [0.29, 0.717) is 22.2 Å². The van der Waals surface area contributed by atoms with Crippen LogP contribution in [0.1, 0.15) is 16.2 Å². The maximum atomic E-state index is 14.7. The highest BCUT2D eigenvalue weighted by molar-refractivity contribution is 5.93. The molecule has 0 unspecified atom stereocenters. The van der Waals surface area contributed by atoms with E-state index in [1.165, 1.54) is 20.0 Å². The number of fused-ring (bicyclic) bond motifs is 1. The van der Waals surface area contributed by atoms with Crippen LogP contribution in [-0.4, -0.2) is 79.0 Å². The highest BCUT2D eigenvalue weighted by Gasteiger charge is 2.31. The Bertz CT molecular complexity index is 969. The molecule has 0 bridgehead atoms. The molecule has 0 spiro atoms. The number of rotatable bonds is 4. The summed E-state index contributed by atoms with van der Waals surface area (Å²) in [4.78, 5) is 30.7. The highest BCUT2D eigenvalue weighted by Crippen LogP contribution is 2.26. The molecule has 0 atom stereocenters. The van der Waals surface area contributed by atoms with Crippen LogP contribution >= 0.6 is 0 Å². The summed E-state index contributed by atoms with van der Waals surface area (Å²) in [5.74, 6) is -1.27. The summed E-state index contributed by atoms with van der Waals surface area (Å²) in [6, 6.07) is 2.38. The average molecular weight is 393 g/mol. The van der Waals surface area contributed by atoms with Gasteiger partial charge in [0.25, 0.3) is 5.52 Å². The maximum absolute atomic E-state index is 14.7. The lowest BCUT2D eigenvalue weighted by atomic mass is 10.2. The van der Waals surface area contributed by atoms with Crippen molar-refractivity contribution in [2.45, 2.75) is 6.92 Å². The lowest BCUT2D eigenvalue weighted by Crippen LogP contribution is -2.45. The number of aliphatic hydroxyl groups excluding tert-OH is 1. The molecule has 1 fully saturated rings. The van der Waals surface area contributed by atoms with Crippen LogP contribution in [0.5, 0.6) is 0 Å². The second-order valence-electron chi connectivity index (χ2n) is 7.06. The topological polar surface area (TPSA) is 98.0 Å². The lowest BCUT2D eigenvalue weighted by molar-refractivity contribution is -0.468. The Hall–Kier alpha value is -2.72. The molecule has 9 nitrogen and oxygen atoms in total. The molecule has 1 saturated heterocycles. The molecule has 0 radical (unpaired) electrons. The Morgan fingerprint density at radius 2 is 1.96 bits per heavy atom. The summed E-state index contributed by atoms with van der Waals surface area (Å²) in [7, 11) is 3.40. The zero-order valence-electron chi connectivity index (χ0n) is 16.2. The molecule has 2 heterocycles. The van der Waals surface area contributed by atoms with Gasteiger partial charge in [-0.05, 0) is 14.0 Å². The molecule has 1 aliphatic rings. The van der Waals surface area contributed by atoms with Gasteiger partial charge in [-0.1, -0.05) is 0 Å². The SMILES string of the molecule is Cc1c(C(=O)N(C)CCO)[n+](=O)c2cc(N3CCN(C)CC3)c(F)cc2n1[O-]. The van der Waals surface area contributed by atoms with E-state index < -0.39 is 11.7 Å². The van der Waals surface area contributed by atoms with Crippen LogP contribution in [0.4, 0.5) is 10.1 Å². The number of aromatic nitrogens is 2. The fourth-order valence-electron chi connectivity index (χ4n) is 3.37. The van der Waals surface area contributed by atoms with Gasteiger partial charge in [0.15, 0.2) is 0 Å². The van der Waals surface area contributed by atoms with Crippen molar-refractivity contribution in [2.24, 2.45) is 0 Å². The number of benzene rings is 1. The zero-order valence-corrected chi connectivity index (χ0v) is 16.2. The van der Waals surface area contributed by atoms with E-state index in [1.54, 1.807) is 0 Å². The summed E-state index contributed by atoms with van der Waals surface area (Å²) < 4.78 is 15.5. The monoisotopic (exact) mass is 393 g/mol. The first-order chi connectivity index (χ1) is 13.3. The minimum absolute atomic E-state index is 0.0190. The molecule has 1 aliphatic heterocycles. The molecule has 1 N–H and O–H groups in total. The predicted molar refractivity (Wildman–Crippen MR) is 103 cm³/mol. The largest absolute Gasteiger partial charge is 0.805 e. The van der Waals surface area contributed by atoms with Crippen molar-refractivity contribution in [1.29, 1.82) is 0 Å². The Balaban J connectivity index is 2.16. The fraction of sp³-hybridized carbons (Fsp3) is 0.500. The van der Waals surface area contributed by atoms with Gasteiger partial charge >= 0.3 is 11.6 Å². The van der Waals surface area contributed by atoms with E-state index in [1.807, 2.05) is 11.9 Å². The van der Waals surface area contributed by atoms with Crippen molar-refractivity contribution in [3.05, 3.63) is 39.5 Å². The third-order valence-electron chi connectivity index (χ3n) is 5.16. The van der Waals surface area contributed by atoms with Crippen LogP contribution < -0.4 is 9.33 Å². The minimum Gasteiger partial charge on any atom is -0.805 e. The van der Waals surface area contributed by atoms with Crippen LogP contribution in [0, 0.1) is 22.9 Å². The third-order valence-corrected chi connectivity index (χ3v) is 5.16. The molecule has 152 valence electrons. The summed E-state index contributed by atoms with van der Waals surface area (Å²) in [6.45, 7) is 3.76. The first kappa shape index (κ1) is 20.0. The number of aliphatic hydroxyl groups is 1. The molecular weight excluding hydrogens is 369 g/mol. The maximum Gasteiger partial charge on any atom is 0.346 e. The standard InChI is InChI=1S/C18H24FN5O4/c1-12-17(18(26)21(3)8-9-25)24(28)16-11-14(13(19)10-15(16)23(12)27)22-6-4-20(2)5-7-22/h10-11,25H,4-9H2,1-3H3. The molecule has 3 rings (SSSR count). The first-order valence-electron chi connectivity index (χ1n) is 9.05. The van der Waals surface area contributed by atoms with Crippen molar-refractivity contribution in [2.75, 3.05) is 58.3 Å². The van der Waals surface area contributed by atoms with Crippen LogP contribution in [0.2, 0.25) is 0 Å². The third kappa shape index (κ3) is 3.40. The van der Waals surface area contributed by atoms with Gasteiger partial charge in [-0.25, -0.2) is 4.39 Å². The number of amides is 1. The van der Waals surface area contributed by atoms with Crippen molar-refractivity contribution in [3.63, 3.8) is 0 Å². The molecule has 1 amide bonds. The molecule has 1 aromatic heterocycles. The van der Waals surface area contributed by atoms with Gasteiger partial charge in [0, 0.05) is 56.8 Å². The number of nitrogens with zero attached hydrogens (tertiary/aromatic N) is 5. The molecule has 2 aromatic rings. The number of anilines is 1. The second kappa shape index (κ2) is 7.72. The van der Waals surface area contributed by atoms with Crippen molar-refractivity contribution < 1.29 is 18.7 Å². The Morgan fingerprint density at radius 3 is 2.57 bits per heavy atom. The smallest absolute Gasteiger partial charge is 0.346 e. The predicted octanol–water partition coefficient (Wildman–Crippen LogP) is 0.165. The normalized spacial score (nSPS) is 15.2. The summed E-state index contributed by atoms with van der Waals surface area (Å²) in [5.41, 5.74) is -0.435. The first-order valence-corrected chi connectivity index (χ1v) is 9.05. The number of likely N-dealkylation sites (N-methyl/N-ethyl adjacent to an activating group) is 2. The van der Waals surface area contributed by atoms with E-state index in [4.69, 9.17) is 5.11 Å². The van der Waals surface area contributed by atoms with Crippen LogP contribution in [0.3, 0.4) is 0 Å². The van der Waals surface area contributed by atoms with Gasteiger partial charge in [-0.2, -0.15) is 0 Å². The van der Waals surface area contributed by atoms with Crippen molar-refractivity contribution in [1.82, 2.24) is 14.5 Å². The Kier molecular flexibility index (Phi) is 5.52. The van der Waals surface area contributed by atoms with Crippen LogP contribution in [-0.2, 0) is 0 Å². The van der Waals surface area contributed by atoms with Gasteiger partial charge in [-0.15, -0.1) is 0 Å². The molecule has 28 heavy (non-hydrogen) atoms. The Morgan fingerprint density at radius 1 is 1.32 bits per heavy atom. The molecule has 1 aromatic carbocycles. The van der Waals surface area contributed by atoms with Gasteiger partial charge in [-0.3, -0.25) is 4.79 Å². The summed E-state index contributed by atoms with van der Waals surface area (Å²) >= 11 is 0. The van der Waals surface area contributed by atoms with Crippen molar-refractivity contribution in [3.8, 4) is 0 Å². The molecule has 0 aliphatic carbocycles. The lowest BCUT2D eigenvalue weighted by Gasteiger charge is -2.34. The van der Waals surface area contributed by atoms with E-state index in [9.17, 15) is 19.3 Å². The average Bonchev–Trinajstić information content (AvgIpc) is 2.67. The van der Waals surface area contributed by atoms with E-state index >= 15 is 0 Å². The quantitative estimate of drug-likeness (QED) is 0.744. The summed E-state index contributed by atoms with van der Waals surface area (Å²) in [5, 5.41) is 21.7. The van der Waals surface area contributed by atoms with E-state index in [2.05, 4.69) is 4.90 Å². The number of halogens is 1.